The summed E-state index contributed by atoms with van der Waals surface area (Å²) in [5.41, 5.74) is 1.07. The average molecular weight is 287 g/mol. The van der Waals surface area contributed by atoms with E-state index in [4.69, 9.17) is 5.73 Å². The summed E-state index contributed by atoms with van der Waals surface area (Å²) in [6, 6.07) is 3.28. The first-order valence-corrected chi connectivity index (χ1v) is 6.74. The summed E-state index contributed by atoms with van der Waals surface area (Å²) in [5, 5.41) is 0. The van der Waals surface area contributed by atoms with Crippen molar-refractivity contribution < 1.29 is 21.8 Å². The zero-order valence-electron chi connectivity index (χ0n) is 8.46. The number of thioether (sulfide) groups is 1. The quantitative estimate of drug-likeness (QED) is 0.684. The number of nitrogen functional groups attached to an aromatic ring is 1. The number of alkyl halides is 3. The van der Waals surface area contributed by atoms with Gasteiger partial charge in [-0.3, -0.25) is 4.21 Å². The van der Waals surface area contributed by atoms with Crippen LogP contribution in [0.4, 0.5) is 23.2 Å². The fourth-order valence-electron chi connectivity index (χ4n) is 1.07. The van der Waals surface area contributed by atoms with E-state index in [-0.39, 0.29) is 33.9 Å². The molecule has 0 amide bonds. The lowest BCUT2D eigenvalue weighted by Gasteiger charge is -2.07. The Labute approximate surface area is 102 Å². The van der Waals surface area contributed by atoms with E-state index in [1.54, 1.807) is 0 Å². The first kappa shape index (κ1) is 14.3. The SMILES string of the molecule is Nc1cc(F)ccc1S(=O)CCSC(F)(F)F. The number of hydrogen-bond donors (Lipinski definition) is 1. The highest BCUT2D eigenvalue weighted by molar-refractivity contribution is 8.00. The highest BCUT2D eigenvalue weighted by atomic mass is 32.2. The number of nitrogens with two attached hydrogens (primary N) is 1. The predicted molar refractivity (Wildman–Crippen MR) is 60.6 cm³/mol. The van der Waals surface area contributed by atoms with Crippen LogP contribution in [-0.2, 0) is 10.8 Å². The third kappa shape index (κ3) is 4.95. The first-order chi connectivity index (χ1) is 7.79. The van der Waals surface area contributed by atoms with Gasteiger partial charge in [0.05, 0.1) is 21.4 Å². The van der Waals surface area contributed by atoms with Crippen LogP contribution in [0, 0.1) is 5.82 Å². The Morgan fingerprint density at radius 3 is 2.53 bits per heavy atom. The zero-order chi connectivity index (χ0) is 13.1. The van der Waals surface area contributed by atoms with Gasteiger partial charge in [-0.05, 0) is 18.2 Å². The van der Waals surface area contributed by atoms with E-state index in [1.807, 2.05) is 0 Å². The van der Waals surface area contributed by atoms with Crippen molar-refractivity contribution in [2.24, 2.45) is 0 Å². The van der Waals surface area contributed by atoms with Crippen molar-refractivity contribution in [2.75, 3.05) is 17.2 Å². The summed E-state index contributed by atoms with van der Waals surface area (Å²) < 4.78 is 59.8. The number of benzene rings is 1. The number of halogens is 4. The molecule has 1 atom stereocenters. The molecule has 1 aromatic carbocycles. The van der Waals surface area contributed by atoms with Gasteiger partial charge in [0, 0.05) is 11.5 Å². The minimum atomic E-state index is -4.33. The summed E-state index contributed by atoms with van der Waals surface area (Å²) in [6.07, 6.45) is 0. The highest BCUT2D eigenvalue weighted by Crippen LogP contribution is 2.30. The van der Waals surface area contributed by atoms with Crippen molar-refractivity contribution in [3.63, 3.8) is 0 Å². The molecule has 2 nitrogen and oxygen atoms in total. The smallest absolute Gasteiger partial charge is 0.398 e. The lowest BCUT2D eigenvalue weighted by Crippen LogP contribution is -2.08. The van der Waals surface area contributed by atoms with E-state index >= 15 is 0 Å². The Bertz CT molecular complexity index is 422. The third-order valence-electron chi connectivity index (χ3n) is 1.75. The second kappa shape index (κ2) is 5.72. The Kier molecular flexibility index (Phi) is 4.81. The van der Waals surface area contributed by atoms with Crippen molar-refractivity contribution >= 4 is 28.2 Å². The minimum absolute atomic E-state index is 0.0136. The standard InChI is InChI=1S/C9H9F4NOS2/c10-6-1-2-8(7(14)5-6)17(15)4-3-16-9(11,12)13/h1-2,5H,3-4,14H2. The first-order valence-electron chi connectivity index (χ1n) is 4.43. The van der Waals surface area contributed by atoms with Gasteiger partial charge in [-0.15, -0.1) is 0 Å². The van der Waals surface area contributed by atoms with E-state index in [9.17, 15) is 21.8 Å². The Morgan fingerprint density at radius 1 is 1.35 bits per heavy atom. The lowest BCUT2D eigenvalue weighted by atomic mass is 10.3. The Hall–Kier alpha value is -0.760. The van der Waals surface area contributed by atoms with Gasteiger partial charge in [-0.1, -0.05) is 11.8 Å². The molecule has 0 heterocycles. The number of anilines is 1. The molecule has 0 radical (unpaired) electrons. The molecule has 0 fully saturated rings. The van der Waals surface area contributed by atoms with Gasteiger partial charge >= 0.3 is 5.51 Å². The maximum atomic E-state index is 12.7. The molecule has 2 N–H and O–H groups in total. The monoisotopic (exact) mass is 287 g/mol. The molecule has 0 bridgehead atoms. The molecule has 0 aliphatic rings. The second-order valence-corrected chi connectivity index (χ2v) is 5.72. The maximum absolute atomic E-state index is 12.7. The molecule has 0 saturated carbocycles. The minimum Gasteiger partial charge on any atom is -0.398 e. The molecule has 1 rings (SSSR count). The van der Waals surface area contributed by atoms with E-state index in [0.29, 0.717) is 0 Å². The van der Waals surface area contributed by atoms with Gasteiger partial charge in [0.25, 0.3) is 0 Å². The Balaban J connectivity index is 2.59. The van der Waals surface area contributed by atoms with Crippen molar-refractivity contribution in [1.29, 1.82) is 0 Å². The topological polar surface area (TPSA) is 43.1 Å². The third-order valence-corrected chi connectivity index (χ3v) is 4.18. The molecular weight excluding hydrogens is 278 g/mol. The molecule has 0 aliphatic heterocycles. The van der Waals surface area contributed by atoms with Crippen LogP contribution in [-0.4, -0.2) is 21.2 Å². The van der Waals surface area contributed by atoms with Crippen LogP contribution in [0.25, 0.3) is 0 Å². The van der Waals surface area contributed by atoms with E-state index < -0.39 is 22.1 Å². The molecule has 0 aliphatic carbocycles. The molecule has 96 valence electrons. The highest BCUT2D eigenvalue weighted by Gasteiger charge is 2.28. The van der Waals surface area contributed by atoms with E-state index in [0.717, 1.165) is 12.1 Å². The van der Waals surface area contributed by atoms with Crippen LogP contribution in [0.1, 0.15) is 0 Å². The zero-order valence-corrected chi connectivity index (χ0v) is 10.1. The molecule has 1 aromatic rings. The van der Waals surface area contributed by atoms with Gasteiger partial charge in [0.1, 0.15) is 5.82 Å². The van der Waals surface area contributed by atoms with Crippen molar-refractivity contribution in [3.8, 4) is 0 Å². The lowest BCUT2D eigenvalue weighted by molar-refractivity contribution is -0.0326. The molecular formula is C9H9F4NOS2. The van der Waals surface area contributed by atoms with Gasteiger partial charge in [0.15, 0.2) is 0 Å². The molecule has 0 saturated heterocycles. The van der Waals surface area contributed by atoms with Gasteiger partial charge < -0.3 is 5.73 Å². The Morgan fingerprint density at radius 2 is 2.00 bits per heavy atom. The van der Waals surface area contributed by atoms with Crippen LogP contribution in [0.15, 0.2) is 23.1 Å². The average Bonchev–Trinajstić information content (AvgIpc) is 2.15. The number of rotatable bonds is 4. The van der Waals surface area contributed by atoms with Crippen LogP contribution >= 0.6 is 11.8 Å². The van der Waals surface area contributed by atoms with E-state index in [2.05, 4.69) is 0 Å². The summed E-state index contributed by atoms with van der Waals surface area (Å²) in [6.45, 7) is 0. The summed E-state index contributed by atoms with van der Waals surface area (Å²) in [5.74, 6) is -1.08. The van der Waals surface area contributed by atoms with Crippen molar-refractivity contribution in [2.45, 2.75) is 10.4 Å². The maximum Gasteiger partial charge on any atom is 0.441 e. The fourth-order valence-corrected chi connectivity index (χ4v) is 3.00. The van der Waals surface area contributed by atoms with Gasteiger partial charge in [0.2, 0.25) is 0 Å². The van der Waals surface area contributed by atoms with Gasteiger partial charge in [-0.25, -0.2) is 4.39 Å². The largest absolute Gasteiger partial charge is 0.441 e. The van der Waals surface area contributed by atoms with Gasteiger partial charge in [-0.2, -0.15) is 13.2 Å². The van der Waals surface area contributed by atoms with Crippen molar-refractivity contribution in [1.82, 2.24) is 0 Å². The second-order valence-electron chi connectivity index (χ2n) is 3.03. The molecule has 8 heteroatoms. The van der Waals surface area contributed by atoms with Crippen LogP contribution in [0.5, 0.6) is 0 Å². The molecule has 17 heavy (non-hydrogen) atoms. The summed E-state index contributed by atoms with van der Waals surface area (Å²) in [7, 11) is -1.65. The molecule has 0 aromatic heterocycles. The van der Waals surface area contributed by atoms with E-state index in [1.165, 1.54) is 6.07 Å². The van der Waals surface area contributed by atoms with Crippen LogP contribution in [0.2, 0.25) is 0 Å². The normalized spacial score (nSPS) is 13.6. The van der Waals surface area contributed by atoms with Crippen LogP contribution < -0.4 is 5.73 Å². The number of hydrogen-bond acceptors (Lipinski definition) is 3. The molecule has 0 spiro atoms. The van der Waals surface area contributed by atoms with Crippen LogP contribution in [0.3, 0.4) is 0 Å². The fraction of sp³-hybridized carbons (Fsp3) is 0.333. The summed E-state index contributed by atoms with van der Waals surface area (Å²) in [4.78, 5) is 0.161. The predicted octanol–water partition coefficient (Wildman–Crippen LogP) is 2.77. The molecule has 1 unspecified atom stereocenters. The summed E-state index contributed by atoms with van der Waals surface area (Å²) >= 11 is -0.242. The van der Waals surface area contributed by atoms with Crippen molar-refractivity contribution in [3.05, 3.63) is 24.0 Å².